The van der Waals surface area contributed by atoms with Crippen LogP contribution in [0.3, 0.4) is 0 Å². The topological polar surface area (TPSA) is 214 Å². The average Bonchev–Trinajstić information content (AvgIpc) is 2.81. The molecule has 12 nitrogen and oxygen atoms in total. The molecule has 200 valence electrons. The summed E-state index contributed by atoms with van der Waals surface area (Å²) in [6.45, 7) is 3.68. The van der Waals surface area contributed by atoms with Crippen LogP contribution in [-0.4, -0.2) is 70.6 Å². The van der Waals surface area contributed by atoms with E-state index in [1.54, 1.807) is 13.8 Å². The van der Waals surface area contributed by atoms with Gasteiger partial charge in [0.2, 0.25) is 17.7 Å². The molecule has 1 aromatic rings. The molecule has 1 rings (SSSR count). The van der Waals surface area contributed by atoms with Gasteiger partial charge in [-0.3, -0.25) is 19.2 Å². The lowest BCUT2D eigenvalue weighted by molar-refractivity contribution is -0.144. The van der Waals surface area contributed by atoms with Gasteiger partial charge in [-0.15, -0.1) is 0 Å². The van der Waals surface area contributed by atoms with Gasteiger partial charge in [-0.25, -0.2) is 4.79 Å². The maximum absolute atomic E-state index is 13.0. The SMILES string of the molecule is CC(C)C(NC(=O)C(N)Cc1ccccc1)C(=O)NC(CC(=O)O)C(=O)NC(CCCCN)C(=O)O. The first kappa shape index (κ1) is 30.5. The Kier molecular flexibility index (Phi) is 13.1. The number of aliphatic carboxylic acids is 2. The summed E-state index contributed by atoms with van der Waals surface area (Å²) in [4.78, 5) is 61.1. The fraction of sp³-hybridized carbons (Fsp3) is 0.542. The molecule has 3 amide bonds. The summed E-state index contributed by atoms with van der Waals surface area (Å²) in [6.07, 6.45) is 0.546. The van der Waals surface area contributed by atoms with E-state index < -0.39 is 66.2 Å². The van der Waals surface area contributed by atoms with Crippen LogP contribution in [0.1, 0.15) is 45.1 Å². The summed E-state index contributed by atoms with van der Waals surface area (Å²) >= 11 is 0. The Morgan fingerprint density at radius 3 is 2.00 bits per heavy atom. The average molecular weight is 508 g/mol. The van der Waals surface area contributed by atoms with Crippen LogP contribution in [0, 0.1) is 5.92 Å². The van der Waals surface area contributed by atoms with E-state index in [0.717, 1.165) is 5.56 Å². The van der Waals surface area contributed by atoms with E-state index in [1.807, 2.05) is 30.3 Å². The fourth-order valence-electron chi connectivity index (χ4n) is 3.42. The minimum Gasteiger partial charge on any atom is -0.481 e. The normalized spacial score (nSPS) is 14.2. The zero-order chi connectivity index (χ0) is 27.3. The van der Waals surface area contributed by atoms with Crippen LogP contribution >= 0.6 is 0 Å². The van der Waals surface area contributed by atoms with Gasteiger partial charge in [0.15, 0.2) is 0 Å². The van der Waals surface area contributed by atoms with Crippen molar-refractivity contribution in [3.63, 3.8) is 0 Å². The predicted octanol–water partition coefficient (Wildman–Crippen LogP) is -0.645. The number of carbonyl (C=O) groups excluding carboxylic acids is 3. The maximum atomic E-state index is 13.0. The van der Waals surface area contributed by atoms with Gasteiger partial charge in [0, 0.05) is 0 Å². The number of hydrogen-bond donors (Lipinski definition) is 7. The first-order valence-electron chi connectivity index (χ1n) is 11.8. The number of rotatable bonds is 16. The lowest BCUT2D eigenvalue weighted by Gasteiger charge is -2.26. The minimum atomic E-state index is -1.55. The van der Waals surface area contributed by atoms with Crippen molar-refractivity contribution in [1.82, 2.24) is 16.0 Å². The molecule has 12 heteroatoms. The van der Waals surface area contributed by atoms with Crippen molar-refractivity contribution in [3.05, 3.63) is 35.9 Å². The molecular weight excluding hydrogens is 470 g/mol. The Labute approximate surface area is 210 Å². The molecule has 0 bridgehead atoms. The van der Waals surface area contributed by atoms with E-state index >= 15 is 0 Å². The molecule has 9 N–H and O–H groups in total. The van der Waals surface area contributed by atoms with Gasteiger partial charge in [-0.2, -0.15) is 0 Å². The third-order valence-electron chi connectivity index (χ3n) is 5.46. The molecule has 0 aliphatic carbocycles. The molecule has 1 aromatic carbocycles. The third-order valence-corrected chi connectivity index (χ3v) is 5.46. The number of benzene rings is 1. The molecule has 0 aliphatic rings. The van der Waals surface area contributed by atoms with Gasteiger partial charge >= 0.3 is 11.9 Å². The lowest BCUT2D eigenvalue weighted by Crippen LogP contribution is -2.58. The van der Waals surface area contributed by atoms with Gasteiger partial charge in [0.25, 0.3) is 0 Å². The van der Waals surface area contributed by atoms with E-state index in [1.165, 1.54) is 0 Å². The van der Waals surface area contributed by atoms with Crippen molar-refractivity contribution in [2.75, 3.05) is 6.54 Å². The number of nitrogens with one attached hydrogen (secondary N) is 3. The van der Waals surface area contributed by atoms with Crippen LogP contribution in [0.15, 0.2) is 30.3 Å². The zero-order valence-corrected chi connectivity index (χ0v) is 20.6. The van der Waals surface area contributed by atoms with Crippen molar-refractivity contribution in [2.24, 2.45) is 17.4 Å². The van der Waals surface area contributed by atoms with Crippen molar-refractivity contribution in [1.29, 1.82) is 0 Å². The van der Waals surface area contributed by atoms with E-state index in [9.17, 15) is 34.2 Å². The highest BCUT2D eigenvalue weighted by Gasteiger charge is 2.32. The summed E-state index contributed by atoms with van der Waals surface area (Å²) in [5, 5.41) is 25.8. The molecule has 0 fully saturated rings. The fourth-order valence-corrected chi connectivity index (χ4v) is 3.42. The first-order valence-corrected chi connectivity index (χ1v) is 11.8. The van der Waals surface area contributed by atoms with Crippen LogP contribution in [0.25, 0.3) is 0 Å². The van der Waals surface area contributed by atoms with Crippen molar-refractivity contribution in [3.8, 4) is 0 Å². The number of unbranched alkanes of at least 4 members (excludes halogenated alkanes) is 1. The van der Waals surface area contributed by atoms with Crippen LogP contribution in [0.2, 0.25) is 0 Å². The van der Waals surface area contributed by atoms with Gasteiger partial charge in [-0.1, -0.05) is 44.2 Å². The lowest BCUT2D eigenvalue weighted by atomic mass is 10.0. The molecule has 4 atom stereocenters. The highest BCUT2D eigenvalue weighted by atomic mass is 16.4. The Balaban J connectivity index is 2.90. The largest absolute Gasteiger partial charge is 0.481 e. The van der Waals surface area contributed by atoms with Crippen LogP contribution in [0.4, 0.5) is 0 Å². The third kappa shape index (κ3) is 10.8. The highest BCUT2D eigenvalue weighted by molar-refractivity contribution is 5.95. The van der Waals surface area contributed by atoms with Crippen molar-refractivity contribution < 1.29 is 34.2 Å². The standard InChI is InChI=1S/C24H37N5O7/c1-14(2)20(29-21(32)16(26)12-15-8-4-3-5-9-15)23(34)28-18(13-19(30)31)22(33)27-17(24(35)36)10-6-7-11-25/h3-5,8-9,14,16-18,20H,6-7,10-13,25-26H2,1-2H3,(H,27,33)(H,28,34)(H,29,32)(H,30,31)(H,35,36). The number of hydrogen-bond acceptors (Lipinski definition) is 7. The van der Waals surface area contributed by atoms with Gasteiger partial charge in [0.1, 0.15) is 18.1 Å². The second-order valence-electron chi connectivity index (χ2n) is 8.87. The van der Waals surface area contributed by atoms with E-state index in [4.69, 9.17) is 11.5 Å². The van der Waals surface area contributed by atoms with Crippen LogP contribution in [-0.2, 0) is 30.4 Å². The van der Waals surface area contributed by atoms with Crippen molar-refractivity contribution >= 4 is 29.7 Å². The van der Waals surface area contributed by atoms with E-state index in [0.29, 0.717) is 19.4 Å². The predicted molar refractivity (Wildman–Crippen MR) is 132 cm³/mol. The molecule has 0 aromatic heterocycles. The molecule has 4 unspecified atom stereocenters. The number of nitrogens with two attached hydrogens (primary N) is 2. The molecule has 36 heavy (non-hydrogen) atoms. The van der Waals surface area contributed by atoms with E-state index in [2.05, 4.69) is 16.0 Å². The van der Waals surface area contributed by atoms with Gasteiger partial charge in [0.05, 0.1) is 12.5 Å². The smallest absolute Gasteiger partial charge is 0.326 e. The number of carbonyl (C=O) groups is 5. The molecule has 0 aliphatic heterocycles. The summed E-state index contributed by atoms with van der Waals surface area (Å²) < 4.78 is 0. The molecule has 0 radical (unpaired) electrons. The Morgan fingerprint density at radius 2 is 1.47 bits per heavy atom. The number of amides is 3. The molecule has 0 heterocycles. The molecular formula is C24H37N5O7. The second-order valence-corrected chi connectivity index (χ2v) is 8.87. The summed E-state index contributed by atoms with van der Waals surface area (Å²) in [5.74, 6) is -5.42. The molecule has 0 spiro atoms. The van der Waals surface area contributed by atoms with E-state index in [-0.39, 0.29) is 12.8 Å². The molecule has 0 saturated carbocycles. The number of carboxylic acids is 2. The summed E-state index contributed by atoms with van der Waals surface area (Å²) in [7, 11) is 0. The Hall–Kier alpha value is -3.51. The first-order chi connectivity index (χ1) is 17.0. The summed E-state index contributed by atoms with van der Waals surface area (Å²) in [6, 6.07) is 4.21. The zero-order valence-electron chi connectivity index (χ0n) is 20.6. The highest BCUT2D eigenvalue weighted by Crippen LogP contribution is 2.08. The quantitative estimate of drug-likeness (QED) is 0.141. The van der Waals surface area contributed by atoms with Crippen molar-refractivity contribution in [2.45, 2.75) is 70.1 Å². The Morgan fingerprint density at radius 1 is 0.861 bits per heavy atom. The number of carboxylic acid groups (broad SMARTS) is 2. The Bertz CT molecular complexity index is 894. The van der Waals surface area contributed by atoms with Crippen LogP contribution in [0.5, 0.6) is 0 Å². The van der Waals surface area contributed by atoms with Crippen LogP contribution < -0.4 is 27.4 Å². The van der Waals surface area contributed by atoms with Gasteiger partial charge < -0.3 is 37.6 Å². The molecule has 0 saturated heterocycles. The summed E-state index contributed by atoms with van der Waals surface area (Å²) in [5.41, 5.74) is 12.2. The monoisotopic (exact) mass is 507 g/mol. The minimum absolute atomic E-state index is 0.0932. The maximum Gasteiger partial charge on any atom is 0.326 e. The second kappa shape index (κ2) is 15.5. The van der Waals surface area contributed by atoms with Gasteiger partial charge in [-0.05, 0) is 43.7 Å².